The Morgan fingerprint density at radius 3 is 1.99 bits per heavy atom. The summed E-state index contributed by atoms with van der Waals surface area (Å²) >= 11 is 0. The Morgan fingerprint density at radius 1 is 0.736 bits per heavy atom. The average molecular weight is 952 g/mol. The summed E-state index contributed by atoms with van der Waals surface area (Å²) in [4.78, 5) is 2.59. The third-order valence-corrected chi connectivity index (χ3v) is 14.0. The predicted octanol–water partition coefficient (Wildman–Crippen LogP) is 18.1. The van der Waals surface area contributed by atoms with E-state index in [2.05, 4.69) is 240 Å². The fraction of sp³-hybridized carbons (Fsp3) is 0.296. The number of benzene rings is 6. The lowest BCUT2D eigenvalue weighted by Gasteiger charge is -2.40. The molecule has 3 atom stereocenters. The van der Waals surface area contributed by atoms with Crippen LogP contribution >= 0.6 is 0 Å². The smallest absolute Gasteiger partial charge is 0.0668 e. The van der Waals surface area contributed by atoms with Gasteiger partial charge in [0, 0.05) is 17.7 Å². The lowest BCUT2D eigenvalue weighted by molar-refractivity contribution is 0.280. The maximum absolute atomic E-state index is 3.91. The first-order valence-corrected chi connectivity index (χ1v) is 27.3. The van der Waals surface area contributed by atoms with Crippen LogP contribution in [0, 0.1) is 19.8 Å². The topological polar surface area (TPSA) is 3.24 Å². The van der Waals surface area contributed by atoms with Gasteiger partial charge in [-0.15, -0.1) is 0 Å². The predicted molar refractivity (Wildman–Crippen MR) is 320 cm³/mol. The van der Waals surface area contributed by atoms with Crippen LogP contribution in [0.1, 0.15) is 140 Å². The van der Waals surface area contributed by atoms with E-state index in [9.17, 15) is 0 Å². The van der Waals surface area contributed by atoms with Crippen molar-refractivity contribution in [2.24, 2.45) is 5.92 Å². The zero-order valence-corrected chi connectivity index (χ0v) is 46.3. The molecule has 0 aromatic heterocycles. The minimum Gasteiger partial charge on any atom is -0.359 e. The van der Waals surface area contributed by atoms with Gasteiger partial charge in [-0.3, -0.25) is 0 Å². The molecule has 4 aliphatic rings. The Labute approximate surface area is 436 Å². The van der Waals surface area contributed by atoms with E-state index in [0.29, 0.717) is 0 Å². The van der Waals surface area contributed by atoms with Gasteiger partial charge in [0.25, 0.3) is 0 Å². The monoisotopic (exact) mass is 952 g/mol. The van der Waals surface area contributed by atoms with Crippen molar-refractivity contribution in [1.82, 2.24) is 4.90 Å². The molecule has 0 radical (unpaired) electrons. The molecule has 72 heavy (non-hydrogen) atoms. The molecule has 0 N–H and O–H groups in total. The van der Waals surface area contributed by atoms with Gasteiger partial charge in [-0.1, -0.05) is 269 Å². The molecule has 10 rings (SSSR count). The molecule has 374 valence electrons. The average Bonchev–Trinajstić information content (AvgIpc) is 4.28. The summed E-state index contributed by atoms with van der Waals surface area (Å²) in [6.45, 7) is 31.2. The lowest BCUT2D eigenvalue weighted by Crippen LogP contribution is -2.39. The summed E-state index contributed by atoms with van der Waals surface area (Å²) < 4.78 is 0. The summed E-state index contributed by atoms with van der Waals surface area (Å²) in [5.74, 6) is 0.285. The van der Waals surface area contributed by atoms with Gasteiger partial charge in [0.1, 0.15) is 0 Å². The minimum absolute atomic E-state index is 0.239. The molecule has 3 unspecified atom stereocenters. The van der Waals surface area contributed by atoms with Crippen LogP contribution in [-0.2, 0) is 11.8 Å². The maximum atomic E-state index is 3.91. The van der Waals surface area contributed by atoms with E-state index in [1.54, 1.807) is 0 Å². The number of hydrogen-bond acceptors (Lipinski definition) is 1. The molecule has 4 aliphatic carbocycles. The Hall–Kier alpha value is -6.70. The number of allylic oxidation sites excluding steroid dienone is 10. The fourth-order valence-electron chi connectivity index (χ4n) is 11.2. The fourth-order valence-corrected chi connectivity index (χ4v) is 11.2. The van der Waals surface area contributed by atoms with Crippen molar-refractivity contribution in [3.8, 4) is 0 Å². The van der Waals surface area contributed by atoms with E-state index in [1.165, 1.54) is 88.1 Å². The molecule has 6 aromatic rings. The molecule has 0 saturated carbocycles. The number of hydrogen-bond donors (Lipinski definition) is 0. The Bertz CT molecular complexity index is 2980. The summed E-state index contributed by atoms with van der Waals surface area (Å²) in [6, 6.07) is 49.9. The van der Waals surface area contributed by atoms with Crippen LogP contribution in [0.3, 0.4) is 0 Å². The van der Waals surface area contributed by atoms with E-state index in [4.69, 9.17) is 0 Å². The molecule has 0 fully saturated rings. The van der Waals surface area contributed by atoms with E-state index in [-0.39, 0.29) is 23.4 Å². The van der Waals surface area contributed by atoms with Crippen molar-refractivity contribution >= 4 is 28.0 Å². The van der Waals surface area contributed by atoms with Gasteiger partial charge in [0.05, 0.1) is 11.5 Å². The second-order valence-corrected chi connectivity index (χ2v) is 18.0. The molecule has 0 spiro atoms. The summed E-state index contributed by atoms with van der Waals surface area (Å²) in [7, 11) is 0. The molecular formula is C71H85N. The van der Waals surface area contributed by atoms with Crippen LogP contribution in [0.2, 0.25) is 0 Å². The van der Waals surface area contributed by atoms with E-state index < -0.39 is 0 Å². The Morgan fingerprint density at radius 2 is 1.38 bits per heavy atom. The standard InChI is InChI=1S/C37H39N.C26H22.4C2H6/c1-5-7-16-29(4)38(35-24-23-28(3)25-35)34(6-2)27-33-26-30-17-14-15-22-36(30)37(33,31-18-10-8-11-19-31)32-20-12-9-13-21-32;1-17-11-12-20-9-5-6-10-23(20)26(17)24-14-13-21-16-22(15-18(2)25(21)24)19-7-3-4-8-19;4*1-2/h5,7-25,27,29,33,35H,1,6,26H2,2-4H3;3-7,9-13,15-16H,8,14H2,1-2H3;4*1-2H3/b16-7-,34-27+;;;;;. The quantitative estimate of drug-likeness (QED) is 0.117. The molecular weight excluding hydrogens is 867 g/mol. The highest BCUT2D eigenvalue weighted by molar-refractivity contribution is 5.96. The van der Waals surface area contributed by atoms with Gasteiger partial charge in [0.2, 0.25) is 0 Å². The van der Waals surface area contributed by atoms with Gasteiger partial charge in [-0.25, -0.2) is 0 Å². The Balaban J connectivity index is 0.000000246. The van der Waals surface area contributed by atoms with Crippen molar-refractivity contribution in [3.05, 3.63) is 267 Å². The van der Waals surface area contributed by atoms with Crippen LogP contribution in [0.4, 0.5) is 0 Å². The maximum Gasteiger partial charge on any atom is 0.0668 e. The first kappa shape index (κ1) is 56.2. The molecule has 0 aliphatic heterocycles. The normalized spacial score (nSPS) is 16.8. The van der Waals surface area contributed by atoms with Crippen molar-refractivity contribution in [2.75, 3.05) is 0 Å². The minimum atomic E-state index is -0.247. The highest BCUT2D eigenvalue weighted by Gasteiger charge is 2.48. The first-order valence-electron chi connectivity index (χ1n) is 27.3. The second-order valence-electron chi connectivity index (χ2n) is 18.0. The largest absolute Gasteiger partial charge is 0.359 e. The van der Waals surface area contributed by atoms with Gasteiger partial charge < -0.3 is 4.90 Å². The van der Waals surface area contributed by atoms with E-state index in [0.717, 1.165) is 25.7 Å². The van der Waals surface area contributed by atoms with Crippen molar-refractivity contribution in [1.29, 1.82) is 0 Å². The zero-order valence-electron chi connectivity index (χ0n) is 46.3. The van der Waals surface area contributed by atoms with Gasteiger partial charge in [-0.2, -0.15) is 0 Å². The van der Waals surface area contributed by atoms with Gasteiger partial charge in [0.15, 0.2) is 0 Å². The zero-order chi connectivity index (χ0) is 52.2. The molecule has 6 aromatic carbocycles. The van der Waals surface area contributed by atoms with E-state index in [1.807, 2.05) is 61.5 Å². The van der Waals surface area contributed by atoms with Crippen LogP contribution in [0.25, 0.3) is 28.0 Å². The van der Waals surface area contributed by atoms with Crippen LogP contribution in [-0.4, -0.2) is 17.0 Å². The van der Waals surface area contributed by atoms with Crippen molar-refractivity contribution in [3.63, 3.8) is 0 Å². The highest BCUT2D eigenvalue weighted by atomic mass is 15.2. The van der Waals surface area contributed by atoms with Crippen molar-refractivity contribution in [2.45, 2.75) is 133 Å². The second kappa shape index (κ2) is 27.8. The molecule has 0 heterocycles. The van der Waals surface area contributed by atoms with Crippen LogP contribution in [0.15, 0.2) is 212 Å². The summed E-state index contributed by atoms with van der Waals surface area (Å²) in [5.41, 5.74) is 16.5. The van der Waals surface area contributed by atoms with Crippen LogP contribution in [0.5, 0.6) is 0 Å². The van der Waals surface area contributed by atoms with Crippen LogP contribution < -0.4 is 10.4 Å². The SMILES string of the molecule is C=C/C=C\C(C)N(/C(=C/C1Cc2ccccc2C1(c1ccccc1)c1ccccc1)CC)C1C=CC(C)=C1.CC.CC.CC.CC.Cc1ccc2ccccc2c1C1=c2c(C)cc(C3=CC=CC3)cc2=CC1. The number of aryl methyl sites for hydroxylation is 2. The lowest BCUT2D eigenvalue weighted by atomic mass is 9.65. The van der Waals surface area contributed by atoms with Gasteiger partial charge in [-0.05, 0) is 136 Å². The summed E-state index contributed by atoms with van der Waals surface area (Å²) in [6.07, 6.45) is 28.9. The highest BCUT2D eigenvalue weighted by Crippen LogP contribution is 2.53. The third-order valence-electron chi connectivity index (χ3n) is 14.0. The molecule has 1 heteroatoms. The van der Waals surface area contributed by atoms with Crippen molar-refractivity contribution < 1.29 is 0 Å². The Kier molecular flexibility index (Phi) is 21.7. The number of fused-ring (bicyclic) bond motifs is 3. The number of rotatable bonds is 11. The van der Waals surface area contributed by atoms with Gasteiger partial charge >= 0.3 is 0 Å². The number of nitrogens with zero attached hydrogens (tertiary/aromatic N) is 1. The molecule has 0 amide bonds. The molecule has 1 nitrogen and oxygen atoms in total. The third kappa shape index (κ3) is 12.0. The molecule has 0 saturated heterocycles. The summed E-state index contributed by atoms with van der Waals surface area (Å²) in [5, 5.41) is 5.54. The molecule has 0 bridgehead atoms. The van der Waals surface area contributed by atoms with E-state index >= 15 is 0 Å². The first-order chi connectivity index (χ1) is 35.3.